The SMILES string of the molecule is CC(C)(C)N=N[C-]=CNC(C)(C)C.CC(C)(C)N=N[C-]=CNC(C)(C)C.[Ni+2]. The molecule has 0 fully saturated rings. The summed E-state index contributed by atoms with van der Waals surface area (Å²) in [5.74, 6) is 0. The van der Waals surface area contributed by atoms with Crippen molar-refractivity contribution in [1.29, 1.82) is 0 Å². The van der Waals surface area contributed by atoms with Crippen LogP contribution in [0.4, 0.5) is 0 Å². The smallest absolute Gasteiger partial charge is 0.418 e. The zero-order chi connectivity index (χ0) is 21.1. The van der Waals surface area contributed by atoms with Crippen LogP contribution in [0.5, 0.6) is 0 Å². The molecule has 0 aliphatic heterocycles. The minimum absolute atomic E-state index is 0. The van der Waals surface area contributed by atoms with Crippen LogP contribution < -0.4 is 10.6 Å². The second-order valence-electron chi connectivity index (χ2n) is 10.1. The van der Waals surface area contributed by atoms with E-state index in [-0.39, 0.29) is 38.6 Å². The van der Waals surface area contributed by atoms with Crippen LogP contribution in [0.2, 0.25) is 0 Å². The van der Waals surface area contributed by atoms with Crippen molar-refractivity contribution in [2.24, 2.45) is 20.5 Å². The van der Waals surface area contributed by atoms with Gasteiger partial charge in [0.05, 0.1) is 11.1 Å². The van der Waals surface area contributed by atoms with Gasteiger partial charge in [0, 0.05) is 11.1 Å². The van der Waals surface area contributed by atoms with Crippen molar-refractivity contribution in [3.63, 3.8) is 0 Å². The minimum Gasteiger partial charge on any atom is -0.418 e. The molecule has 0 saturated heterocycles. The largest absolute Gasteiger partial charge is 2.00 e. The molecule has 160 valence electrons. The summed E-state index contributed by atoms with van der Waals surface area (Å²) in [7, 11) is 0. The van der Waals surface area contributed by atoms with Crippen LogP contribution >= 0.6 is 0 Å². The Bertz CT molecular complexity index is 435. The number of nitrogens with one attached hydrogen (secondary N) is 2. The van der Waals surface area contributed by atoms with Crippen LogP contribution in [0, 0.1) is 12.4 Å². The van der Waals surface area contributed by atoms with Gasteiger partial charge in [0.2, 0.25) is 0 Å². The van der Waals surface area contributed by atoms with Crippen molar-refractivity contribution in [1.82, 2.24) is 10.6 Å². The van der Waals surface area contributed by atoms with E-state index in [1.165, 1.54) is 0 Å². The van der Waals surface area contributed by atoms with Gasteiger partial charge in [-0.25, -0.2) is 10.2 Å². The molecule has 0 saturated carbocycles. The maximum Gasteiger partial charge on any atom is 2.00 e. The molecule has 7 heteroatoms. The predicted octanol–water partition coefficient (Wildman–Crippen LogP) is 5.80. The monoisotopic (exact) mass is 422 g/mol. The first-order valence-corrected chi connectivity index (χ1v) is 8.95. The van der Waals surface area contributed by atoms with E-state index in [0.717, 1.165) is 0 Å². The first-order valence-electron chi connectivity index (χ1n) is 8.95. The van der Waals surface area contributed by atoms with Gasteiger partial charge in [-0.2, -0.15) is 12.4 Å². The number of azo groups is 2. The van der Waals surface area contributed by atoms with Crippen molar-refractivity contribution < 1.29 is 16.5 Å². The maximum absolute atomic E-state index is 4.02. The van der Waals surface area contributed by atoms with Crippen molar-refractivity contribution in [2.75, 3.05) is 0 Å². The summed E-state index contributed by atoms with van der Waals surface area (Å²) in [4.78, 5) is 0. The molecular formula is C20H40N6Ni. The molecule has 0 atom stereocenters. The average Bonchev–Trinajstić information content (AvgIpc) is 2.33. The van der Waals surface area contributed by atoms with Crippen LogP contribution in [0.25, 0.3) is 0 Å². The van der Waals surface area contributed by atoms with E-state index in [1.54, 1.807) is 12.4 Å². The van der Waals surface area contributed by atoms with Crippen molar-refractivity contribution in [3.05, 3.63) is 24.8 Å². The van der Waals surface area contributed by atoms with Crippen LogP contribution in [0.1, 0.15) is 83.1 Å². The van der Waals surface area contributed by atoms with Crippen LogP contribution in [-0.2, 0) is 16.5 Å². The summed E-state index contributed by atoms with van der Waals surface area (Å²) >= 11 is 0. The molecule has 6 nitrogen and oxygen atoms in total. The van der Waals surface area contributed by atoms with Gasteiger partial charge < -0.3 is 33.3 Å². The van der Waals surface area contributed by atoms with Crippen molar-refractivity contribution in [2.45, 2.75) is 105 Å². The molecule has 0 bridgehead atoms. The third-order valence-corrected chi connectivity index (χ3v) is 1.95. The van der Waals surface area contributed by atoms with Crippen LogP contribution in [0.3, 0.4) is 0 Å². The van der Waals surface area contributed by atoms with Crippen LogP contribution in [0.15, 0.2) is 32.9 Å². The number of hydrogen-bond acceptors (Lipinski definition) is 6. The molecule has 0 aliphatic carbocycles. The van der Waals surface area contributed by atoms with E-state index in [1.807, 2.05) is 41.5 Å². The van der Waals surface area contributed by atoms with Gasteiger partial charge in [0.15, 0.2) is 0 Å². The summed E-state index contributed by atoms with van der Waals surface area (Å²) in [5, 5.41) is 21.9. The zero-order valence-electron chi connectivity index (χ0n) is 19.3. The summed E-state index contributed by atoms with van der Waals surface area (Å²) in [6, 6.07) is 0. The number of hydrogen-bond donors (Lipinski definition) is 2. The standard InChI is InChI=1S/2C10H20N3.Ni/c2*1-9(2,3)11-7-8-12-13-10(4,5)6;/h2*7,11H,1-6H3;/q2*-1;+2. The Morgan fingerprint density at radius 3 is 1.00 bits per heavy atom. The molecule has 0 aromatic heterocycles. The van der Waals surface area contributed by atoms with Crippen LogP contribution in [-0.4, -0.2) is 22.2 Å². The topological polar surface area (TPSA) is 73.5 Å². The second-order valence-corrected chi connectivity index (χ2v) is 10.1. The van der Waals surface area contributed by atoms with E-state index < -0.39 is 0 Å². The van der Waals surface area contributed by atoms with E-state index in [9.17, 15) is 0 Å². The summed E-state index contributed by atoms with van der Waals surface area (Å²) in [5.41, 5.74) is -0.125. The predicted molar refractivity (Wildman–Crippen MR) is 111 cm³/mol. The molecule has 27 heavy (non-hydrogen) atoms. The fourth-order valence-electron chi connectivity index (χ4n) is 0.913. The summed E-state index contributed by atoms with van der Waals surface area (Å²) < 4.78 is 0. The Balaban J connectivity index is -0.000000411. The first kappa shape index (κ1) is 30.5. The van der Waals surface area contributed by atoms with Gasteiger partial charge in [-0.15, -0.1) is 0 Å². The Morgan fingerprint density at radius 1 is 0.556 bits per heavy atom. The zero-order valence-corrected chi connectivity index (χ0v) is 20.2. The molecule has 0 aliphatic rings. The Hall–Kier alpha value is -1.23. The molecule has 0 unspecified atom stereocenters. The molecule has 0 spiro atoms. The maximum atomic E-state index is 4.02. The molecule has 0 aromatic rings. The summed E-state index contributed by atoms with van der Waals surface area (Å²) in [6.07, 6.45) is 8.82. The Labute approximate surface area is 177 Å². The van der Waals surface area contributed by atoms with E-state index in [2.05, 4.69) is 85.0 Å². The molecule has 0 amide bonds. The normalized spacial score (nSPS) is 13.8. The van der Waals surface area contributed by atoms with E-state index >= 15 is 0 Å². The van der Waals surface area contributed by atoms with Gasteiger partial charge in [-0.1, -0.05) is 0 Å². The first-order chi connectivity index (χ1) is 11.4. The van der Waals surface area contributed by atoms with Gasteiger partial charge in [-0.05, 0) is 83.1 Å². The molecule has 0 aromatic carbocycles. The third kappa shape index (κ3) is 36.5. The molecule has 0 radical (unpaired) electrons. The van der Waals surface area contributed by atoms with Gasteiger partial charge in [-0.3, -0.25) is 0 Å². The Kier molecular flexibility index (Phi) is 14.7. The fraction of sp³-hybridized carbons (Fsp3) is 0.800. The molecule has 0 heterocycles. The number of rotatable bonds is 4. The second kappa shape index (κ2) is 13.0. The Morgan fingerprint density at radius 2 is 0.815 bits per heavy atom. The van der Waals surface area contributed by atoms with Gasteiger partial charge in [0.1, 0.15) is 0 Å². The molecular weight excluding hydrogens is 383 g/mol. The average molecular weight is 423 g/mol. The number of nitrogens with zero attached hydrogens (tertiary/aromatic N) is 4. The molecule has 2 N–H and O–H groups in total. The van der Waals surface area contributed by atoms with E-state index in [4.69, 9.17) is 0 Å². The van der Waals surface area contributed by atoms with Gasteiger partial charge in [0.25, 0.3) is 0 Å². The summed E-state index contributed by atoms with van der Waals surface area (Å²) in [6.45, 7) is 24.4. The molecule has 0 rings (SSSR count). The van der Waals surface area contributed by atoms with Crippen molar-refractivity contribution >= 4 is 0 Å². The minimum atomic E-state index is -0.122. The van der Waals surface area contributed by atoms with E-state index in [0.29, 0.717) is 0 Å². The van der Waals surface area contributed by atoms with Gasteiger partial charge >= 0.3 is 16.5 Å². The third-order valence-electron chi connectivity index (χ3n) is 1.95. The van der Waals surface area contributed by atoms with Crippen molar-refractivity contribution in [3.8, 4) is 0 Å². The quantitative estimate of drug-likeness (QED) is 0.341. The fourth-order valence-corrected chi connectivity index (χ4v) is 0.913.